The van der Waals surface area contributed by atoms with Crippen LogP contribution in [0.25, 0.3) is 0 Å². The Bertz CT molecular complexity index is 717. The molecule has 108 valence electrons. The van der Waals surface area contributed by atoms with Crippen molar-refractivity contribution >= 4 is 34.3 Å². The van der Waals surface area contributed by atoms with Crippen molar-refractivity contribution < 1.29 is 13.2 Å². The largest absolute Gasteiger partial charge is 0.327 e. The van der Waals surface area contributed by atoms with Gasteiger partial charge in [0.05, 0.1) is 12.2 Å². The first kappa shape index (κ1) is 14.7. The molecule has 0 saturated carbocycles. The zero-order valence-electron chi connectivity index (χ0n) is 11.2. The van der Waals surface area contributed by atoms with Crippen LogP contribution in [-0.2, 0) is 16.9 Å². The lowest BCUT2D eigenvalue weighted by atomic mass is 10.3. The quantitative estimate of drug-likeness (QED) is 0.627. The number of thiol groups is 1. The number of carbonyl (C=O) groups is 1. The second-order valence-corrected chi connectivity index (χ2v) is 6.89. The number of imidazole rings is 1. The van der Waals surface area contributed by atoms with E-state index in [1.165, 1.54) is 14.4 Å². The normalized spacial score (nSPS) is 18.9. The van der Waals surface area contributed by atoms with Crippen molar-refractivity contribution in [2.75, 3.05) is 24.7 Å². The van der Waals surface area contributed by atoms with Crippen LogP contribution in [0.1, 0.15) is 11.1 Å². The van der Waals surface area contributed by atoms with E-state index in [0.717, 1.165) is 6.26 Å². The molecular formula is C11H14N4O3S2. The van der Waals surface area contributed by atoms with Crippen LogP contribution >= 0.6 is 12.6 Å². The van der Waals surface area contributed by atoms with Crippen molar-refractivity contribution in [2.45, 2.75) is 10.5 Å². The van der Waals surface area contributed by atoms with Crippen LogP contribution < -0.4 is 4.90 Å². The third-order valence-corrected chi connectivity index (χ3v) is 4.68. The molecule has 0 spiro atoms. The number of anilines is 1. The Kier molecular flexibility index (Phi) is 3.47. The summed E-state index contributed by atoms with van der Waals surface area (Å²) in [5, 5.41) is -0.703. The van der Waals surface area contributed by atoms with E-state index >= 15 is 0 Å². The van der Waals surface area contributed by atoms with Crippen molar-refractivity contribution in [2.24, 2.45) is 7.05 Å². The first-order chi connectivity index (χ1) is 9.20. The molecule has 0 N–H and O–H groups in total. The molecule has 7 nitrogen and oxygen atoms in total. The highest BCUT2D eigenvalue weighted by Crippen LogP contribution is 2.38. The standard InChI is InChI=1S/C11H14N4O3S2/c1-5-6-15-8-7(9(19)14(3)11(15)16)13(2)10(12-8)20(4,17)18/h1,9,19H,6H2,2-4H3. The van der Waals surface area contributed by atoms with Gasteiger partial charge in [0.1, 0.15) is 5.37 Å². The lowest BCUT2D eigenvalue weighted by Crippen LogP contribution is -2.47. The topological polar surface area (TPSA) is 75.5 Å². The Hall–Kier alpha value is -1.66. The number of urea groups is 1. The second kappa shape index (κ2) is 4.71. The highest BCUT2D eigenvalue weighted by molar-refractivity contribution is 7.90. The van der Waals surface area contributed by atoms with Crippen molar-refractivity contribution in [3.05, 3.63) is 5.69 Å². The highest BCUT2D eigenvalue weighted by atomic mass is 32.2. The van der Waals surface area contributed by atoms with Gasteiger partial charge in [0, 0.05) is 20.4 Å². The Morgan fingerprint density at radius 2 is 2.05 bits per heavy atom. The van der Waals surface area contributed by atoms with Gasteiger partial charge in [-0.2, -0.15) is 4.98 Å². The van der Waals surface area contributed by atoms with Crippen LogP contribution in [0.3, 0.4) is 0 Å². The van der Waals surface area contributed by atoms with Crippen LogP contribution in [0.15, 0.2) is 5.16 Å². The zero-order chi connectivity index (χ0) is 15.2. The number of hydrogen-bond donors (Lipinski definition) is 1. The molecule has 0 fully saturated rings. The summed E-state index contributed by atoms with van der Waals surface area (Å²) in [6.07, 6.45) is 6.32. The fourth-order valence-electron chi connectivity index (χ4n) is 2.10. The maximum atomic E-state index is 12.2. The predicted octanol–water partition coefficient (Wildman–Crippen LogP) is 0.257. The van der Waals surface area contributed by atoms with Gasteiger partial charge in [-0.05, 0) is 0 Å². The van der Waals surface area contributed by atoms with Crippen molar-refractivity contribution in [1.82, 2.24) is 14.5 Å². The van der Waals surface area contributed by atoms with E-state index in [4.69, 9.17) is 6.42 Å². The van der Waals surface area contributed by atoms with Crippen molar-refractivity contribution in [1.29, 1.82) is 0 Å². The monoisotopic (exact) mass is 314 g/mol. The molecule has 0 saturated heterocycles. The molecule has 0 aromatic carbocycles. The molecule has 2 heterocycles. The lowest BCUT2D eigenvalue weighted by molar-refractivity contribution is 0.208. The molecule has 2 rings (SSSR count). The van der Waals surface area contributed by atoms with Crippen LogP contribution in [0.5, 0.6) is 0 Å². The average molecular weight is 314 g/mol. The van der Waals surface area contributed by atoms with E-state index in [9.17, 15) is 13.2 Å². The van der Waals surface area contributed by atoms with E-state index in [1.54, 1.807) is 14.1 Å². The number of hydrogen-bond acceptors (Lipinski definition) is 5. The predicted molar refractivity (Wildman–Crippen MR) is 77.4 cm³/mol. The van der Waals surface area contributed by atoms with Gasteiger partial charge in [-0.1, -0.05) is 5.92 Å². The number of sulfone groups is 1. The summed E-state index contributed by atoms with van der Waals surface area (Å²) in [4.78, 5) is 18.9. The SMILES string of the molecule is C#CCN1C(=O)N(C)C(S)c2c1nc(S(C)(=O)=O)n2C. The van der Waals surface area contributed by atoms with Crippen LogP contribution in [0.2, 0.25) is 0 Å². The Morgan fingerprint density at radius 3 is 2.55 bits per heavy atom. The molecule has 1 aliphatic rings. The highest BCUT2D eigenvalue weighted by Gasteiger charge is 2.39. The smallest absolute Gasteiger partial charge is 0.318 e. The summed E-state index contributed by atoms with van der Waals surface area (Å²) in [5.41, 5.74) is 0.520. The van der Waals surface area contributed by atoms with Crippen molar-refractivity contribution in [3.8, 4) is 12.3 Å². The average Bonchev–Trinajstić information content (AvgIpc) is 2.69. The number of carbonyl (C=O) groups excluding carboxylic acids is 1. The molecule has 0 aliphatic carbocycles. The molecule has 1 unspecified atom stereocenters. The summed E-state index contributed by atoms with van der Waals surface area (Å²) in [5.74, 6) is 2.61. The molecule has 2 amide bonds. The van der Waals surface area contributed by atoms with E-state index in [-0.39, 0.29) is 23.6 Å². The first-order valence-corrected chi connectivity index (χ1v) is 8.03. The van der Waals surface area contributed by atoms with Gasteiger partial charge in [0.15, 0.2) is 5.82 Å². The molecular weight excluding hydrogens is 300 g/mol. The summed E-state index contributed by atoms with van der Waals surface area (Å²) in [7, 11) is -0.373. The van der Waals surface area contributed by atoms with Gasteiger partial charge in [-0.3, -0.25) is 4.90 Å². The maximum absolute atomic E-state index is 12.2. The number of fused-ring (bicyclic) bond motifs is 1. The number of nitrogens with zero attached hydrogens (tertiary/aromatic N) is 4. The van der Waals surface area contributed by atoms with Gasteiger partial charge < -0.3 is 9.47 Å². The number of terminal acetylenes is 1. The van der Waals surface area contributed by atoms with E-state index in [2.05, 4.69) is 23.5 Å². The maximum Gasteiger partial charge on any atom is 0.327 e. The summed E-state index contributed by atoms with van der Waals surface area (Å²) in [6.45, 7) is 0.0108. The van der Waals surface area contributed by atoms with Gasteiger partial charge >= 0.3 is 6.03 Å². The summed E-state index contributed by atoms with van der Waals surface area (Å²) in [6, 6.07) is -0.367. The molecule has 1 aromatic heterocycles. The minimum atomic E-state index is -3.51. The molecule has 20 heavy (non-hydrogen) atoms. The van der Waals surface area contributed by atoms with E-state index < -0.39 is 15.2 Å². The van der Waals surface area contributed by atoms with Crippen LogP contribution in [-0.4, -0.2) is 48.7 Å². The number of aromatic nitrogens is 2. The Balaban J connectivity index is 2.73. The third kappa shape index (κ3) is 2.05. The fourth-order valence-corrected chi connectivity index (χ4v) is 3.33. The van der Waals surface area contributed by atoms with Gasteiger partial charge in [0.2, 0.25) is 15.0 Å². The number of amides is 2. The van der Waals surface area contributed by atoms with E-state index in [1.807, 2.05) is 0 Å². The Morgan fingerprint density at radius 1 is 1.45 bits per heavy atom. The summed E-state index contributed by atoms with van der Waals surface area (Å²) < 4.78 is 24.9. The van der Waals surface area contributed by atoms with Gasteiger partial charge in [-0.15, -0.1) is 19.1 Å². The first-order valence-electron chi connectivity index (χ1n) is 5.62. The van der Waals surface area contributed by atoms with E-state index in [0.29, 0.717) is 5.69 Å². The number of rotatable bonds is 2. The molecule has 9 heteroatoms. The summed E-state index contributed by atoms with van der Waals surface area (Å²) >= 11 is 4.35. The minimum absolute atomic E-state index is 0.0108. The molecule has 0 radical (unpaired) electrons. The van der Waals surface area contributed by atoms with Gasteiger partial charge in [-0.25, -0.2) is 13.2 Å². The van der Waals surface area contributed by atoms with Gasteiger partial charge in [0.25, 0.3) is 0 Å². The molecule has 0 bridgehead atoms. The zero-order valence-corrected chi connectivity index (χ0v) is 12.9. The fraction of sp³-hybridized carbons (Fsp3) is 0.455. The molecule has 1 atom stereocenters. The molecule has 1 aromatic rings. The lowest BCUT2D eigenvalue weighted by Gasteiger charge is -2.35. The second-order valence-electron chi connectivity index (χ2n) is 4.49. The third-order valence-electron chi connectivity index (χ3n) is 3.06. The van der Waals surface area contributed by atoms with Crippen LogP contribution in [0.4, 0.5) is 10.6 Å². The van der Waals surface area contributed by atoms with Crippen molar-refractivity contribution in [3.63, 3.8) is 0 Å². The van der Waals surface area contributed by atoms with Crippen LogP contribution in [0, 0.1) is 12.3 Å². The minimum Gasteiger partial charge on any atom is -0.318 e. The Labute approximate surface area is 122 Å². The molecule has 1 aliphatic heterocycles.